The van der Waals surface area contributed by atoms with Crippen LogP contribution in [0.15, 0.2) is 72.8 Å². The van der Waals surface area contributed by atoms with Crippen molar-refractivity contribution in [2.75, 3.05) is 13.2 Å². The van der Waals surface area contributed by atoms with Crippen LogP contribution in [0.4, 0.5) is 0 Å². The van der Waals surface area contributed by atoms with E-state index in [1.165, 1.54) is 0 Å². The van der Waals surface area contributed by atoms with Gasteiger partial charge in [-0.3, -0.25) is 4.79 Å². The van der Waals surface area contributed by atoms with Crippen molar-refractivity contribution in [2.45, 2.75) is 26.3 Å². The first-order valence-corrected chi connectivity index (χ1v) is 11.2. The van der Waals surface area contributed by atoms with Crippen LogP contribution in [0, 0.1) is 6.92 Å². The number of nitrogens with zero attached hydrogens (tertiary/aromatic N) is 2. The Balaban J connectivity index is 1.37. The van der Waals surface area contributed by atoms with Crippen molar-refractivity contribution >= 4 is 28.5 Å². The topological polar surface area (TPSA) is 56.1 Å². The second kappa shape index (κ2) is 10.3. The van der Waals surface area contributed by atoms with Gasteiger partial charge in [0.15, 0.2) is 0 Å². The van der Waals surface area contributed by atoms with Crippen molar-refractivity contribution in [1.29, 1.82) is 0 Å². The van der Waals surface area contributed by atoms with Gasteiger partial charge < -0.3 is 14.6 Å². The maximum absolute atomic E-state index is 12.2. The molecule has 164 valence electrons. The van der Waals surface area contributed by atoms with Crippen LogP contribution in [0.25, 0.3) is 11.0 Å². The molecule has 6 heteroatoms. The normalized spacial score (nSPS) is 10.9. The lowest BCUT2D eigenvalue weighted by Crippen LogP contribution is -2.25. The Bertz CT molecular complexity index is 1200. The summed E-state index contributed by atoms with van der Waals surface area (Å²) in [6.45, 7) is 3.78. The zero-order valence-electron chi connectivity index (χ0n) is 18.1. The molecular weight excluding hydrogens is 422 g/mol. The van der Waals surface area contributed by atoms with E-state index in [1.807, 2.05) is 73.7 Å². The van der Waals surface area contributed by atoms with Crippen LogP contribution in [-0.4, -0.2) is 28.6 Å². The number of fused-ring (bicyclic) bond motifs is 1. The summed E-state index contributed by atoms with van der Waals surface area (Å²) in [5.74, 6) is 1.75. The van der Waals surface area contributed by atoms with Gasteiger partial charge in [-0.2, -0.15) is 0 Å². The number of nitrogens with one attached hydrogen (secondary N) is 1. The van der Waals surface area contributed by atoms with Crippen LogP contribution in [0.5, 0.6) is 5.75 Å². The number of amides is 1. The Morgan fingerprint density at radius 1 is 1.06 bits per heavy atom. The van der Waals surface area contributed by atoms with E-state index >= 15 is 0 Å². The molecule has 4 aromatic rings. The smallest absolute Gasteiger partial charge is 0.251 e. The monoisotopic (exact) mass is 447 g/mol. The Hall–Kier alpha value is -3.31. The highest BCUT2D eigenvalue weighted by molar-refractivity contribution is 6.31. The summed E-state index contributed by atoms with van der Waals surface area (Å²) in [5, 5.41) is 3.72. The summed E-state index contributed by atoms with van der Waals surface area (Å²) < 4.78 is 8.17. The molecule has 0 fully saturated rings. The van der Waals surface area contributed by atoms with Gasteiger partial charge in [0.2, 0.25) is 0 Å². The molecule has 0 aliphatic carbocycles. The highest BCUT2D eigenvalue weighted by Crippen LogP contribution is 2.22. The van der Waals surface area contributed by atoms with Crippen molar-refractivity contribution in [3.05, 3.63) is 94.8 Å². The minimum Gasteiger partial charge on any atom is -0.492 e. The minimum absolute atomic E-state index is 0.0502. The highest BCUT2D eigenvalue weighted by atomic mass is 35.5. The molecule has 1 amide bonds. The Morgan fingerprint density at radius 3 is 2.66 bits per heavy atom. The number of benzene rings is 3. The fraction of sp³-hybridized carbons (Fsp3) is 0.231. The summed E-state index contributed by atoms with van der Waals surface area (Å²) in [6.07, 6.45) is 1.57. The van der Waals surface area contributed by atoms with E-state index in [2.05, 4.69) is 16.0 Å². The van der Waals surface area contributed by atoms with Gasteiger partial charge in [-0.1, -0.05) is 41.9 Å². The van der Waals surface area contributed by atoms with Crippen LogP contribution in [0.2, 0.25) is 5.02 Å². The standard InChI is InChI=1S/C26H26ClN3O2/c1-19-18-21(13-14-22(19)27)32-17-16-30-24-11-6-5-10-23(24)29-25(30)12-7-15-28-26(31)20-8-3-2-4-9-20/h2-6,8-11,13-14,18H,7,12,15-17H2,1H3,(H,28,31). The third kappa shape index (κ3) is 5.29. The maximum Gasteiger partial charge on any atom is 0.251 e. The Kier molecular flexibility index (Phi) is 7.07. The van der Waals surface area contributed by atoms with Crippen molar-refractivity contribution < 1.29 is 9.53 Å². The molecule has 4 rings (SSSR count). The molecule has 1 aromatic heterocycles. The fourth-order valence-electron chi connectivity index (χ4n) is 3.67. The summed E-state index contributed by atoms with van der Waals surface area (Å²) in [4.78, 5) is 17.0. The SMILES string of the molecule is Cc1cc(OCCn2c(CCCNC(=O)c3ccccc3)nc3ccccc32)ccc1Cl. The number of hydrogen-bond acceptors (Lipinski definition) is 3. The average molecular weight is 448 g/mol. The van der Waals surface area contributed by atoms with E-state index in [0.717, 1.165) is 46.0 Å². The Labute approximate surface area is 193 Å². The summed E-state index contributed by atoms with van der Waals surface area (Å²) in [6, 6.07) is 23.1. The molecular formula is C26H26ClN3O2. The van der Waals surface area contributed by atoms with E-state index in [4.69, 9.17) is 21.3 Å². The lowest BCUT2D eigenvalue weighted by atomic mass is 10.2. The number of imidazole rings is 1. The summed E-state index contributed by atoms with van der Waals surface area (Å²) in [5.41, 5.74) is 3.73. The third-order valence-electron chi connectivity index (χ3n) is 5.35. The zero-order chi connectivity index (χ0) is 22.3. The summed E-state index contributed by atoms with van der Waals surface area (Å²) >= 11 is 6.10. The molecule has 0 aliphatic heterocycles. The van der Waals surface area contributed by atoms with Crippen LogP contribution in [0.1, 0.15) is 28.2 Å². The number of hydrogen-bond donors (Lipinski definition) is 1. The molecule has 3 aromatic carbocycles. The van der Waals surface area contributed by atoms with Crippen molar-refractivity contribution in [3.8, 4) is 5.75 Å². The van der Waals surface area contributed by atoms with E-state index in [-0.39, 0.29) is 5.91 Å². The zero-order valence-corrected chi connectivity index (χ0v) is 18.8. The highest BCUT2D eigenvalue weighted by Gasteiger charge is 2.11. The van der Waals surface area contributed by atoms with E-state index < -0.39 is 0 Å². The van der Waals surface area contributed by atoms with Crippen molar-refractivity contribution in [3.63, 3.8) is 0 Å². The molecule has 0 bridgehead atoms. The quantitative estimate of drug-likeness (QED) is 0.347. The van der Waals surface area contributed by atoms with Crippen LogP contribution in [-0.2, 0) is 13.0 Å². The molecule has 0 radical (unpaired) electrons. The van der Waals surface area contributed by atoms with E-state index in [1.54, 1.807) is 0 Å². The van der Waals surface area contributed by atoms with Gasteiger partial charge >= 0.3 is 0 Å². The lowest BCUT2D eigenvalue weighted by molar-refractivity contribution is 0.0953. The molecule has 32 heavy (non-hydrogen) atoms. The van der Waals surface area contributed by atoms with E-state index in [9.17, 15) is 4.79 Å². The molecule has 1 N–H and O–H groups in total. The number of carbonyl (C=O) groups is 1. The van der Waals surface area contributed by atoms with Gasteiger partial charge in [-0.25, -0.2) is 4.98 Å². The van der Waals surface area contributed by atoms with Crippen LogP contribution in [0.3, 0.4) is 0 Å². The average Bonchev–Trinajstić information content (AvgIpc) is 3.17. The minimum atomic E-state index is -0.0502. The van der Waals surface area contributed by atoms with Gasteiger partial charge in [0.1, 0.15) is 18.2 Å². The molecule has 0 unspecified atom stereocenters. The lowest BCUT2D eigenvalue weighted by Gasteiger charge is -2.12. The van der Waals surface area contributed by atoms with Gasteiger partial charge in [0.25, 0.3) is 5.91 Å². The number of carbonyl (C=O) groups excluding carboxylic acids is 1. The second-order valence-corrected chi connectivity index (χ2v) is 8.06. The van der Waals surface area contributed by atoms with Crippen LogP contribution >= 0.6 is 11.6 Å². The van der Waals surface area contributed by atoms with Crippen molar-refractivity contribution in [1.82, 2.24) is 14.9 Å². The third-order valence-corrected chi connectivity index (χ3v) is 5.77. The van der Waals surface area contributed by atoms with Gasteiger partial charge in [0, 0.05) is 23.6 Å². The Morgan fingerprint density at radius 2 is 1.84 bits per heavy atom. The molecule has 5 nitrogen and oxygen atoms in total. The number of rotatable bonds is 9. The molecule has 1 heterocycles. The first kappa shape index (κ1) is 21.9. The number of aryl methyl sites for hydroxylation is 2. The van der Waals surface area contributed by atoms with Gasteiger partial charge in [0.05, 0.1) is 17.6 Å². The number of halogens is 1. The number of para-hydroxylation sites is 2. The first-order valence-electron chi connectivity index (χ1n) is 10.8. The van der Waals surface area contributed by atoms with Gasteiger partial charge in [-0.05, 0) is 61.4 Å². The molecule has 0 atom stereocenters. The fourth-order valence-corrected chi connectivity index (χ4v) is 3.79. The first-order chi connectivity index (χ1) is 15.6. The number of ether oxygens (including phenoxy) is 1. The second-order valence-electron chi connectivity index (χ2n) is 7.65. The largest absolute Gasteiger partial charge is 0.492 e. The molecule has 0 saturated heterocycles. The molecule has 0 aliphatic rings. The predicted molar refractivity (Wildman–Crippen MR) is 129 cm³/mol. The summed E-state index contributed by atoms with van der Waals surface area (Å²) in [7, 11) is 0. The predicted octanol–water partition coefficient (Wildman–Crippen LogP) is 5.44. The molecule has 0 saturated carbocycles. The van der Waals surface area contributed by atoms with E-state index in [0.29, 0.717) is 25.3 Å². The maximum atomic E-state index is 12.2. The van der Waals surface area contributed by atoms with Crippen LogP contribution < -0.4 is 10.1 Å². The van der Waals surface area contributed by atoms with Crippen molar-refractivity contribution in [2.24, 2.45) is 0 Å². The molecule has 0 spiro atoms. The van der Waals surface area contributed by atoms with Gasteiger partial charge in [-0.15, -0.1) is 0 Å². The number of aromatic nitrogens is 2.